The van der Waals surface area contributed by atoms with Gasteiger partial charge in [-0.25, -0.2) is 0 Å². The van der Waals surface area contributed by atoms with Gasteiger partial charge in [0.15, 0.2) is 0 Å². The van der Waals surface area contributed by atoms with Crippen molar-refractivity contribution in [3.05, 3.63) is 34.9 Å². The number of rotatable bonds is 2. The lowest BCUT2D eigenvalue weighted by Gasteiger charge is -2.32. The van der Waals surface area contributed by atoms with Crippen molar-refractivity contribution in [3.8, 4) is 0 Å². The summed E-state index contributed by atoms with van der Waals surface area (Å²) in [5.41, 5.74) is 1.65. The van der Waals surface area contributed by atoms with E-state index < -0.39 is 11.7 Å². The van der Waals surface area contributed by atoms with Gasteiger partial charge < -0.3 is 5.32 Å². The number of alkyl halides is 3. The number of benzene rings is 1. The third-order valence-corrected chi connectivity index (χ3v) is 4.74. The molecule has 20 heavy (non-hydrogen) atoms. The van der Waals surface area contributed by atoms with Crippen LogP contribution in [-0.2, 0) is 6.18 Å². The molecule has 0 aromatic heterocycles. The Kier molecular flexibility index (Phi) is 3.76. The molecule has 2 aliphatic rings. The topological polar surface area (TPSA) is 12.0 Å². The van der Waals surface area contributed by atoms with Gasteiger partial charge in [0.25, 0.3) is 0 Å². The fraction of sp³-hybridized carbons (Fsp3) is 0.625. The Morgan fingerprint density at radius 3 is 2.10 bits per heavy atom. The van der Waals surface area contributed by atoms with Crippen LogP contribution in [0.3, 0.4) is 0 Å². The highest BCUT2D eigenvalue weighted by Crippen LogP contribution is 2.43. The summed E-state index contributed by atoms with van der Waals surface area (Å²) in [5.74, 6) is 0.774. The second-order valence-electron chi connectivity index (χ2n) is 5.99. The SMILES string of the molecule is FC(F)(F)c1ccc(C2CCNCC2)c(C2CCC2)c1. The number of hydrogen-bond donors (Lipinski definition) is 1. The lowest BCUT2D eigenvalue weighted by atomic mass is 9.74. The molecule has 1 saturated heterocycles. The van der Waals surface area contributed by atoms with Crippen LogP contribution in [0.2, 0.25) is 0 Å². The molecule has 0 spiro atoms. The van der Waals surface area contributed by atoms with E-state index in [4.69, 9.17) is 0 Å². The summed E-state index contributed by atoms with van der Waals surface area (Å²) in [6.07, 6.45) is 1.06. The van der Waals surface area contributed by atoms with Crippen LogP contribution < -0.4 is 5.32 Å². The summed E-state index contributed by atoms with van der Waals surface area (Å²) in [6, 6.07) is 4.42. The van der Waals surface area contributed by atoms with Gasteiger partial charge in [-0.05, 0) is 73.9 Å². The van der Waals surface area contributed by atoms with Crippen molar-refractivity contribution in [3.63, 3.8) is 0 Å². The molecule has 1 N–H and O–H groups in total. The summed E-state index contributed by atoms with van der Waals surface area (Å²) >= 11 is 0. The van der Waals surface area contributed by atoms with Crippen LogP contribution in [0.4, 0.5) is 13.2 Å². The van der Waals surface area contributed by atoms with E-state index in [0.29, 0.717) is 11.8 Å². The van der Waals surface area contributed by atoms with Crippen LogP contribution in [0.15, 0.2) is 18.2 Å². The maximum atomic E-state index is 12.9. The zero-order chi connectivity index (χ0) is 14.2. The van der Waals surface area contributed by atoms with Crippen LogP contribution in [0.25, 0.3) is 0 Å². The first-order chi connectivity index (χ1) is 9.55. The van der Waals surface area contributed by atoms with E-state index in [0.717, 1.165) is 50.8 Å². The molecule has 1 aliphatic carbocycles. The quantitative estimate of drug-likeness (QED) is 0.846. The molecule has 1 aromatic rings. The van der Waals surface area contributed by atoms with Gasteiger partial charge in [-0.15, -0.1) is 0 Å². The lowest BCUT2D eigenvalue weighted by Crippen LogP contribution is -2.27. The van der Waals surface area contributed by atoms with E-state index in [-0.39, 0.29) is 0 Å². The molecule has 1 nitrogen and oxygen atoms in total. The molecule has 0 amide bonds. The maximum Gasteiger partial charge on any atom is 0.416 e. The van der Waals surface area contributed by atoms with E-state index in [1.54, 1.807) is 6.07 Å². The van der Waals surface area contributed by atoms with Gasteiger partial charge in [-0.3, -0.25) is 0 Å². The van der Waals surface area contributed by atoms with Crippen molar-refractivity contribution in [2.24, 2.45) is 0 Å². The smallest absolute Gasteiger partial charge is 0.317 e. The highest BCUT2D eigenvalue weighted by Gasteiger charge is 2.33. The normalized spacial score (nSPS) is 21.8. The molecule has 1 heterocycles. The highest BCUT2D eigenvalue weighted by atomic mass is 19.4. The van der Waals surface area contributed by atoms with E-state index in [1.807, 2.05) is 0 Å². The second-order valence-corrected chi connectivity index (χ2v) is 5.99. The minimum absolute atomic E-state index is 0.349. The van der Waals surface area contributed by atoms with Crippen molar-refractivity contribution in [1.29, 1.82) is 0 Å². The molecule has 0 atom stereocenters. The fourth-order valence-corrected chi connectivity index (χ4v) is 3.33. The molecule has 2 fully saturated rings. The molecule has 0 bridgehead atoms. The molecule has 0 unspecified atom stereocenters. The Balaban J connectivity index is 1.95. The van der Waals surface area contributed by atoms with Crippen molar-refractivity contribution in [2.45, 2.75) is 50.1 Å². The first kappa shape index (κ1) is 13.9. The highest BCUT2D eigenvalue weighted by molar-refractivity contribution is 5.39. The number of halogens is 3. The zero-order valence-electron chi connectivity index (χ0n) is 11.5. The van der Waals surface area contributed by atoms with Gasteiger partial charge in [0.05, 0.1) is 5.56 Å². The van der Waals surface area contributed by atoms with Crippen LogP contribution in [0.1, 0.15) is 60.6 Å². The van der Waals surface area contributed by atoms with Crippen molar-refractivity contribution < 1.29 is 13.2 Å². The Hall–Kier alpha value is -1.03. The second kappa shape index (κ2) is 5.40. The first-order valence-electron chi connectivity index (χ1n) is 7.47. The van der Waals surface area contributed by atoms with E-state index in [1.165, 1.54) is 17.7 Å². The predicted molar refractivity (Wildman–Crippen MR) is 72.9 cm³/mol. The minimum atomic E-state index is -4.23. The summed E-state index contributed by atoms with van der Waals surface area (Å²) in [4.78, 5) is 0. The van der Waals surface area contributed by atoms with Gasteiger partial charge in [0.1, 0.15) is 0 Å². The largest absolute Gasteiger partial charge is 0.416 e. The summed E-state index contributed by atoms with van der Waals surface area (Å²) in [6.45, 7) is 1.94. The molecular weight excluding hydrogens is 263 g/mol. The molecular formula is C16H20F3N. The zero-order valence-corrected chi connectivity index (χ0v) is 11.5. The number of hydrogen-bond acceptors (Lipinski definition) is 1. The van der Waals surface area contributed by atoms with Crippen molar-refractivity contribution in [1.82, 2.24) is 5.32 Å². The average molecular weight is 283 g/mol. The van der Waals surface area contributed by atoms with Gasteiger partial charge in [0.2, 0.25) is 0 Å². The molecule has 1 aromatic carbocycles. The Morgan fingerprint density at radius 1 is 0.900 bits per heavy atom. The van der Waals surface area contributed by atoms with Gasteiger partial charge >= 0.3 is 6.18 Å². The first-order valence-corrected chi connectivity index (χ1v) is 7.47. The molecule has 0 radical (unpaired) electrons. The van der Waals surface area contributed by atoms with Gasteiger partial charge in [-0.2, -0.15) is 13.2 Å². The third-order valence-electron chi connectivity index (χ3n) is 4.74. The van der Waals surface area contributed by atoms with E-state index in [9.17, 15) is 13.2 Å². The minimum Gasteiger partial charge on any atom is -0.317 e. The lowest BCUT2D eigenvalue weighted by molar-refractivity contribution is -0.137. The Bertz CT molecular complexity index is 471. The number of piperidine rings is 1. The molecule has 3 rings (SSSR count). The summed E-state index contributed by atoms with van der Waals surface area (Å²) in [5, 5.41) is 3.32. The molecule has 1 aliphatic heterocycles. The molecule has 1 saturated carbocycles. The van der Waals surface area contributed by atoms with Gasteiger partial charge in [-0.1, -0.05) is 12.5 Å². The third kappa shape index (κ3) is 2.71. The monoisotopic (exact) mass is 283 g/mol. The standard InChI is InChI=1S/C16H20F3N/c17-16(18,19)13-4-5-14(12-6-8-20-9-7-12)15(10-13)11-2-1-3-11/h4-5,10-12,20H,1-3,6-9H2. The van der Waals surface area contributed by atoms with E-state index in [2.05, 4.69) is 5.32 Å². The van der Waals surface area contributed by atoms with Crippen LogP contribution in [0, 0.1) is 0 Å². The molecule has 4 heteroatoms. The predicted octanol–water partition coefficient (Wildman–Crippen LogP) is 4.44. The van der Waals surface area contributed by atoms with Crippen LogP contribution in [0.5, 0.6) is 0 Å². The number of nitrogens with one attached hydrogen (secondary N) is 1. The Labute approximate surface area is 117 Å². The van der Waals surface area contributed by atoms with Crippen molar-refractivity contribution >= 4 is 0 Å². The Morgan fingerprint density at radius 2 is 1.55 bits per heavy atom. The van der Waals surface area contributed by atoms with Crippen LogP contribution in [-0.4, -0.2) is 13.1 Å². The fourth-order valence-electron chi connectivity index (χ4n) is 3.33. The molecule has 110 valence electrons. The van der Waals surface area contributed by atoms with Gasteiger partial charge in [0, 0.05) is 0 Å². The van der Waals surface area contributed by atoms with E-state index >= 15 is 0 Å². The maximum absolute atomic E-state index is 12.9. The van der Waals surface area contributed by atoms with Crippen molar-refractivity contribution in [2.75, 3.05) is 13.1 Å². The summed E-state index contributed by atoms with van der Waals surface area (Å²) < 4.78 is 38.8. The summed E-state index contributed by atoms with van der Waals surface area (Å²) in [7, 11) is 0. The average Bonchev–Trinajstić information content (AvgIpc) is 2.37. The van der Waals surface area contributed by atoms with Crippen LogP contribution >= 0.6 is 0 Å².